The highest BCUT2D eigenvalue weighted by Crippen LogP contribution is 2.31. The molecule has 0 atom stereocenters. The van der Waals surface area contributed by atoms with Gasteiger partial charge in [0, 0.05) is 47.5 Å². The number of piperidine rings is 2. The SMILES string of the molecule is CC1(C)CC(NC(=O)CCC(=O)OC2CC(C)(C)NC(C)(C)C2)CC(C)(C)N1. The van der Waals surface area contributed by atoms with Crippen LogP contribution in [0.4, 0.5) is 0 Å². The number of nitrogens with one attached hydrogen (secondary N) is 3. The van der Waals surface area contributed by atoms with E-state index in [1.54, 1.807) is 0 Å². The van der Waals surface area contributed by atoms with Crippen molar-refractivity contribution < 1.29 is 14.3 Å². The number of carbonyl (C=O) groups is 2. The first-order valence-electron chi connectivity index (χ1n) is 10.6. The van der Waals surface area contributed by atoms with Gasteiger partial charge in [0.15, 0.2) is 0 Å². The number of ether oxygens (including phenoxy) is 1. The minimum Gasteiger partial charge on any atom is -0.462 e. The minimum atomic E-state index is -0.278. The fraction of sp³-hybridized carbons (Fsp3) is 0.909. The largest absolute Gasteiger partial charge is 0.462 e. The van der Waals surface area contributed by atoms with Gasteiger partial charge < -0.3 is 20.7 Å². The van der Waals surface area contributed by atoms with Gasteiger partial charge in [-0.3, -0.25) is 9.59 Å². The molecule has 0 aromatic heterocycles. The van der Waals surface area contributed by atoms with Gasteiger partial charge in [-0.1, -0.05) is 0 Å². The Morgan fingerprint density at radius 1 is 0.786 bits per heavy atom. The first-order valence-corrected chi connectivity index (χ1v) is 10.6. The summed E-state index contributed by atoms with van der Waals surface area (Å²) in [6.07, 6.45) is 3.54. The van der Waals surface area contributed by atoms with E-state index < -0.39 is 0 Å². The van der Waals surface area contributed by atoms with Crippen LogP contribution < -0.4 is 16.0 Å². The molecule has 3 N–H and O–H groups in total. The van der Waals surface area contributed by atoms with Gasteiger partial charge in [-0.05, 0) is 68.2 Å². The van der Waals surface area contributed by atoms with Crippen LogP contribution >= 0.6 is 0 Å². The summed E-state index contributed by atoms with van der Waals surface area (Å²) in [5, 5.41) is 10.3. The lowest BCUT2D eigenvalue weighted by molar-refractivity contribution is -0.154. The minimum absolute atomic E-state index is 0.0206. The molecular weight excluding hydrogens is 354 g/mol. The molecule has 6 heteroatoms. The molecule has 0 unspecified atom stereocenters. The number of esters is 1. The van der Waals surface area contributed by atoms with Crippen molar-refractivity contribution in [2.75, 3.05) is 0 Å². The third kappa shape index (κ3) is 7.36. The van der Waals surface area contributed by atoms with Crippen molar-refractivity contribution in [2.24, 2.45) is 0 Å². The molecule has 0 spiro atoms. The van der Waals surface area contributed by atoms with Gasteiger partial charge >= 0.3 is 5.97 Å². The fourth-order valence-corrected chi connectivity index (χ4v) is 5.50. The van der Waals surface area contributed by atoms with Crippen LogP contribution in [0, 0.1) is 0 Å². The van der Waals surface area contributed by atoms with E-state index in [1.165, 1.54) is 0 Å². The van der Waals surface area contributed by atoms with E-state index >= 15 is 0 Å². The molecule has 0 bridgehead atoms. The molecule has 0 radical (unpaired) electrons. The molecular formula is C22H41N3O3. The summed E-state index contributed by atoms with van der Waals surface area (Å²) in [6.45, 7) is 17.2. The van der Waals surface area contributed by atoms with Crippen molar-refractivity contribution in [3.8, 4) is 0 Å². The third-order valence-corrected chi connectivity index (χ3v) is 5.56. The van der Waals surface area contributed by atoms with Gasteiger partial charge in [0.2, 0.25) is 5.91 Å². The standard InChI is InChI=1S/C22H41N3O3/c1-19(2)11-15(12-20(3,4)24-19)23-17(26)9-10-18(27)28-16-13-21(5,6)25-22(7,8)14-16/h15-16,24-25H,9-14H2,1-8H3,(H,23,26). The number of carbonyl (C=O) groups excluding carboxylic acids is 2. The van der Waals surface area contributed by atoms with Gasteiger partial charge in [0.05, 0.1) is 6.42 Å². The van der Waals surface area contributed by atoms with Crippen molar-refractivity contribution in [2.45, 2.75) is 128 Å². The third-order valence-electron chi connectivity index (χ3n) is 5.56. The Kier molecular flexibility index (Phi) is 6.56. The Morgan fingerprint density at radius 3 is 1.68 bits per heavy atom. The van der Waals surface area contributed by atoms with Gasteiger partial charge in [-0.2, -0.15) is 0 Å². The Morgan fingerprint density at radius 2 is 1.21 bits per heavy atom. The first-order chi connectivity index (χ1) is 12.6. The Balaban J connectivity index is 1.79. The predicted molar refractivity (Wildman–Crippen MR) is 112 cm³/mol. The highest BCUT2D eigenvalue weighted by atomic mass is 16.5. The summed E-state index contributed by atoms with van der Waals surface area (Å²) >= 11 is 0. The molecule has 2 fully saturated rings. The van der Waals surface area contributed by atoms with Crippen LogP contribution in [-0.2, 0) is 14.3 Å². The lowest BCUT2D eigenvalue weighted by Crippen LogP contribution is -2.62. The van der Waals surface area contributed by atoms with E-state index in [0.717, 1.165) is 25.7 Å². The maximum atomic E-state index is 12.4. The average molecular weight is 396 g/mol. The molecule has 2 heterocycles. The average Bonchev–Trinajstić information content (AvgIpc) is 2.37. The highest BCUT2D eigenvalue weighted by molar-refractivity contribution is 5.81. The summed E-state index contributed by atoms with van der Waals surface area (Å²) in [4.78, 5) is 24.7. The monoisotopic (exact) mass is 395 g/mol. The van der Waals surface area contributed by atoms with Crippen LogP contribution in [-0.4, -0.2) is 46.2 Å². The van der Waals surface area contributed by atoms with Crippen molar-refractivity contribution in [3.05, 3.63) is 0 Å². The summed E-state index contributed by atoms with van der Waals surface area (Å²) in [5.74, 6) is -0.346. The lowest BCUT2D eigenvalue weighted by atomic mass is 9.79. The van der Waals surface area contributed by atoms with Crippen LogP contribution in [0.25, 0.3) is 0 Å². The molecule has 162 valence electrons. The molecule has 2 saturated heterocycles. The van der Waals surface area contributed by atoms with Crippen LogP contribution in [0.2, 0.25) is 0 Å². The van der Waals surface area contributed by atoms with Crippen LogP contribution in [0.5, 0.6) is 0 Å². The van der Waals surface area contributed by atoms with Crippen molar-refractivity contribution in [3.63, 3.8) is 0 Å². The predicted octanol–water partition coefficient (Wildman–Crippen LogP) is 3.04. The lowest BCUT2D eigenvalue weighted by Gasteiger charge is -2.46. The molecule has 0 saturated carbocycles. The molecule has 2 aliphatic heterocycles. The maximum absolute atomic E-state index is 12.4. The molecule has 2 aliphatic rings. The number of rotatable bonds is 5. The number of hydrogen-bond acceptors (Lipinski definition) is 5. The van der Waals surface area contributed by atoms with E-state index in [9.17, 15) is 9.59 Å². The zero-order valence-electron chi connectivity index (χ0n) is 19.1. The van der Waals surface area contributed by atoms with E-state index in [2.05, 4.69) is 71.3 Å². The highest BCUT2D eigenvalue weighted by Gasteiger charge is 2.40. The van der Waals surface area contributed by atoms with Crippen LogP contribution in [0.3, 0.4) is 0 Å². The molecule has 28 heavy (non-hydrogen) atoms. The summed E-state index contributed by atoms with van der Waals surface area (Å²) in [5.41, 5.74) is -0.183. The second-order valence-electron chi connectivity index (χ2n) is 11.5. The topological polar surface area (TPSA) is 79.5 Å². The normalized spacial score (nSPS) is 26.4. The summed E-state index contributed by atoms with van der Waals surface area (Å²) < 4.78 is 5.70. The van der Waals surface area contributed by atoms with E-state index in [4.69, 9.17) is 4.74 Å². The second-order valence-corrected chi connectivity index (χ2v) is 11.5. The smallest absolute Gasteiger partial charge is 0.306 e. The fourth-order valence-electron chi connectivity index (χ4n) is 5.50. The number of hydrogen-bond donors (Lipinski definition) is 3. The van der Waals surface area contributed by atoms with Crippen LogP contribution in [0.1, 0.15) is 93.9 Å². The Hall–Kier alpha value is -1.14. The quantitative estimate of drug-likeness (QED) is 0.624. The molecule has 0 aromatic rings. The molecule has 2 rings (SSSR count). The maximum Gasteiger partial charge on any atom is 0.306 e. The summed E-state index contributed by atoms with van der Waals surface area (Å²) in [6, 6.07) is 0.126. The molecule has 0 aromatic carbocycles. The van der Waals surface area contributed by atoms with Crippen molar-refractivity contribution in [1.82, 2.24) is 16.0 Å². The molecule has 0 aliphatic carbocycles. The zero-order chi connectivity index (χ0) is 21.4. The van der Waals surface area contributed by atoms with E-state index in [0.29, 0.717) is 0 Å². The molecule has 1 amide bonds. The van der Waals surface area contributed by atoms with Gasteiger partial charge in [-0.25, -0.2) is 0 Å². The van der Waals surface area contributed by atoms with Gasteiger partial charge in [-0.15, -0.1) is 0 Å². The first kappa shape index (κ1) is 23.1. The summed E-state index contributed by atoms with van der Waals surface area (Å²) in [7, 11) is 0. The van der Waals surface area contributed by atoms with E-state index in [1.807, 2.05) is 0 Å². The van der Waals surface area contributed by atoms with Crippen LogP contribution in [0.15, 0.2) is 0 Å². The Labute approximate surface area is 170 Å². The second kappa shape index (κ2) is 7.94. The van der Waals surface area contributed by atoms with Crippen molar-refractivity contribution >= 4 is 11.9 Å². The van der Waals surface area contributed by atoms with Gasteiger partial charge in [0.1, 0.15) is 6.10 Å². The van der Waals surface area contributed by atoms with E-state index in [-0.39, 0.29) is 59.0 Å². The molecule has 6 nitrogen and oxygen atoms in total. The number of amides is 1. The van der Waals surface area contributed by atoms with Crippen molar-refractivity contribution in [1.29, 1.82) is 0 Å². The van der Waals surface area contributed by atoms with Gasteiger partial charge in [0.25, 0.3) is 0 Å². The Bertz CT molecular complexity index is 512. The zero-order valence-corrected chi connectivity index (χ0v) is 19.1.